The Bertz CT molecular complexity index is 2650. The van der Waals surface area contributed by atoms with Crippen molar-refractivity contribution in [1.82, 2.24) is 9.97 Å². The second kappa shape index (κ2) is 20.1. The van der Waals surface area contributed by atoms with Gasteiger partial charge in [0, 0.05) is 26.6 Å². The van der Waals surface area contributed by atoms with Gasteiger partial charge >= 0.3 is 12.4 Å². The number of benzene rings is 3. The second-order valence-corrected chi connectivity index (χ2v) is 18.0. The summed E-state index contributed by atoms with van der Waals surface area (Å²) in [6.45, 7) is -1.15. The quantitative estimate of drug-likeness (QED) is 0.0483. The van der Waals surface area contributed by atoms with E-state index in [4.69, 9.17) is 60.6 Å². The highest BCUT2D eigenvalue weighted by Crippen LogP contribution is 2.40. The lowest BCUT2D eigenvalue weighted by Crippen LogP contribution is -2.34. The van der Waals surface area contributed by atoms with E-state index < -0.39 is 82.6 Å². The molecule has 25 heteroatoms. The van der Waals surface area contributed by atoms with Gasteiger partial charge in [-0.25, -0.2) is 35.4 Å². The molecule has 0 unspecified atom stereocenters. The third-order valence-electron chi connectivity index (χ3n) is 7.88. The van der Waals surface area contributed by atoms with Crippen molar-refractivity contribution in [3.63, 3.8) is 0 Å². The van der Waals surface area contributed by atoms with E-state index in [0.29, 0.717) is 16.4 Å². The van der Waals surface area contributed by atoms with Crippen molar-refractivity contribution in [2.75, 3.05) is 43.4 Å². The molecule has 2 heterocycles. The smallest absolute Gasteiger partial charge is 0.417 e. The Balaban J connectivity index is 0.000000281. The number of ether oxygens (including phenoxy) is 3. The number of rotatable bonds is 13. The van der Waals surface area contributed by atoms with Crippen LogP contribution in [0.2, 0.25) is 20.1 Å². The summed E-state index contributed by atoms with van der Waals surface area (Å²) in [5.74, 6) is -0.508. The summed E-state index contributed by atoms with van der Waals surface area (Å²) in [6.07, 6.45) is -7.31. The number of para-hydroxylation sites is 1. The van der Waals surface area contributed by atoms with Crippen LogP contribution >= 0.6 is 62.3 Å². The Morgan fingerprint density at radius 1 is 0.672 bits per heavy atom. The van der Waals surface area contributed by atoms with Gasteiger partial charge in [0.05, 0.1) is 65.1 Å². The molecule has 0 saturated heterocycles. The lowest BCUT2D eigenvalue weighted by molar-refractivity contribution is -0.138. The molecule has 328 valence electrons. The van der Waals surface area contributed by atoms with Gasteiger partial charge in [0.2, 0.25) is 5.78 Å². The average molecular weight is 1040 g/mol. The van der Waals surface area contributed by atoms with Crippen molar-refractivity contribution in [2.24, 2.45) is 0 Å². The summed E-state index contributed by atoms with van der Waals surface area (Å²) in [7, 11) is -5.40. The SMILES string of the molecule is COCN(c1cc(Cl)cnc1Br)S(=O)(=O)c1ccc(Cl)c(C(F)(F)F)c1.COCN(c1cc(Cl)cnc1C(=O)c1ccccc1OC)S(=O)(=O)c1ccc(Cl)c(C(F)(F)F)c1. The number of methoxy groups -OCH3 is 3. The van der Waals surface area contributed by atoms with Gasteiger partial charge in [-0.3, -0.25) is 4.79 Å². The van der Waals surface area contributed by atoms with E-state index >= 15 is 0 Å². The molecule has 0 radical (unpaired) electrons. The summed E-state index contributed by atoms with van der Waals surface area (Å²) in [5.41, 5.74) is -3.18. The van der Waals surface area contributed by atoms with Gasteiger partial charge in [-0.2, -0.15) is 26.3 Å². The monoisotopic (exact) mass is 1040 g/mol. The third kappa shape index (κ3) is 11.6. The normalized spacial score (nSPS) is 12.0. The van der Waals surface area contributed by atoms with E-state index in [0.717, 1.165) is 40.8 Å². The number of hydrogen-bond acceptors (Lipinski definition) is 10. The molecule has 2 aromatic heterocycles. The average Bonchev–Trinajstić information content (AvgIpc) is 3.19. The molecule has 5 aromatic rings. The zero-order chi connectivity index (χ0) is 45.7. The Hall–Kier alpha value is -3.93. The maximum atomic E-state index is 13.5. The molecule has 0 aliphatic carbocycles. The Labute approximate surface area is 373 Å². The number of aromatic nitrogens is 2. The molecule has 3 aromatic carbocycles. The molecule has 0 saturated carbocycles. The van der Waals surface area contributed by atoms with Gasteiger partial charge in [0.1, 0.15) is 29.5 Å². The zero-order valence-corrected chi connectivity index (χ0v) is 37.3. The summed E-state index contributed by atoms with van der Waals surface area (Å²) in [4.78, 5) is 19.9. The first kappa shape index (κ1) is 49.7. The predicted molar refractivity (Wildman–Crippen MR) is 219 cm³/mol. The molecule has 0 bridgehead atoms. The number of sulfonamides is 2. The van der Waals surface area contributed by atoms with E-state index in [1.54, 1.807) is 12.1 Å². The van der Waals surface area contributed by atoms with Crippen LogP contribution in [-0.4, -0.2) is 67.4 Å². The van der Waals surface area contributed by atoms with Crippen LogP contribution in [0.15, 0.2) is 99.6 Å². The fourth-order valence-electron chi connectivity index (χ4n) is 5.13. The van der Waals surface area contributed by atoms with Crippen molar-refractivity contribution in [3.05, 3.63) is 132 Å². The van der Waals surface area contributed by atoms with Crippen molar-refractivity contribution in [3.8, 4) is 5.75 Å². The van der Waals surface area contributed by atoms with Gasteiger partial charge in [-0.15, -0.1) is 0 Å². The molecule has 61 heavy (non-hydrogen) atoms. The van der Waals surface area contributed by atoms with Crippen LogP contribution in [0.25, 0.3) is 0 Å². The molecule has 0 fully saturated rings. The van der Waals surface area contributed by atoms with E-state index in [2.05, 4.69) is 25.9 Å². The van der Waals surface area contributed by atoms with Crippen LogP contribution in [0.3, 0.4) is 0 Å². The molecule has 0 amide bonds. The summed E-state index contributed by atoms with van der Waals surface area (Å²) >= 11 is 26.2. The molecule has 0 aliphatic rings. The topological polar surface area (TPSA) is 145 Å². The largest absolute Gasteiger partial charge is 0.496 e. The molecule has 0 N–H and O–H groups in total. The summed E-state index contributed by atoms with van der Waals surface area (Å²) in [6, 6.07) is 13.1. The molecule has 0 atom stereocenters. The number of carbonyl (C=O) groups is 1. The maximum absolute atomic E-state index is 13.5. The van der Waals surface area contributed by atoms with E-state index in [1.807, 2.05) is 0 Å². The van der Waals surface area contributed by atoms with Crippen molar-refractivity contribution in [2.45, 2.75) is 22.1 Å². The molecule has 12 nitrogen and oxygen atoms in total. The number of halogens is 11. The fourth-order valence-corrected chi connectivity index (χ4v) is 9.24. The van der Waals surface area contributed by atoms with Crippen molar-refractivity contribution in [1.29, 1.82) is 0 Å². The number of pyridine rings is 2. The first-order chi connectivity index (χ1) is 28.4. The first-order valence-corrected chi connectivity index (χ1v) is 21.5. The van der Waals surface area contributed by atoms with Gasteiger partial charge < -0.3 is 14.2 Å². The predicted octanol–water partition coefficient (Wildman–Crippen LogP) is 10.4. The van der Waals surface area contributed by atoms with Crippen LogP contribution < -0.4 is 13.3 Å². The Morgan fingerprint density at radius 2 is 1.11 bits per heavy atom. The van der Waals surface area contributed by atoms with Crippen LogP contribution in [0.5, 0.6) is 5.75 Å². The summed E-state index contributed by atoms with van der Waals surface area (Å²) < 4.78 is 149. The Morgan fingerprint density at radius 3 is 1.57 bits per heavy atom. The van der Waals surface area contributed by atoms with Crippen LogP contribution in [0.4, 0.5) is 37.7 Å². The minimum Gasteiger partial charge on any atom is -0.496 e. The highest BCUT2D eigenvalue weighted by molar-refractivity contribution is 9.10. The first-order valence-electron chi connectivity index (χ1n) is 16.3. The zero-order valence-electron chi connectivity index (χ0n) is 31.0. The number of anilines is 2. The summed E-state index contributed by atoms with van der Waals surface area (Å²) in [5, 5.41) is -1.18. The van der Waals surface area contributed by atoms with E-state index in [1.165, 1.54) is 45.7 Å². The number of nitrogens with zero attached hydrogens (tertiary/aromatic N) is 4. The van der Waals surface area contributed by atoms with Crippen LogP contribution in [0, 0.1) is 0 Å². The number of alkyl halides is 6. The van der Waals surface area contributed by atoms with Crippen LogP contribution in [0.1, 0.15) is 27.2 Å². The second-order valence-electron chi connectivity index (χ2n) is 11.8. The fraction of sp³-hybridized carbons (Fsp3) is 0.194. The van der Waals surface area contributed by atoms with Crippen molar-refractivity contribution < 1.29 is 62.2 Å². The van der Waals surface area contributed by atoms with Crippen molar-refractivity contribution >= 4 is 99.5 Å². The molecular weight excluding hydrogens is 1020 g/mol. The highest BCUT2D eigenvalue weighted by atomic mass is 79.9. The van der Waals surface area contributed by atoms with Gasteiger partial charge in [-0.1, -0.05) is 58.5 Å². The van der Waals surface area contributed by atoms with Gasteiger partial charge in [0.25, 0.3) is 20.0 Å². The minimum absolute atomic E-state index is 0.00265. The van der Waals surface area contributed by atoms with Crippen LogP contribution in [-0.2, 0) is 41.9 Å². The molecule has 5 rings (SSSR count). The molecular formula is C36H27BrCl4F6N4O8S2. The lowest BCUT2D eigenvalue weighted by atomic mass is 10.1. The van der Waals surface area contributed by atoms with E-state index in [9.17, 15) is 48.0 Å². The van der Waals surface area contributed by atoms with E-state index in [-0.39, 0.29) is 43.0 Å². The number of carbonyl (C=O) groups excluding carboxylic acids is 1. The highest BCUT2D eigenvalue weighted by Gasteiger charge is 2.38. The Kier molecular flexibility index (Phi) is 16.4. The standard InChI is InChI=1S/C22H17Cl2F3N2O5S.C14H10BrCl2F3N2O3S/c1-33-12-29(35(31,32)14-7-8-17(24)16(10-14)22(25,26)27)18-9-13(23)11-28-20(18)21(30)15-5-3-4-6-19(15)34-2;1-25-7-22(12-4-8(16)6-21-13(12)15)26(23,24)9-2-3-11(17)10(5-9)14(18,19)20/h3-11H,12H2,1-2H3;2-6H,7H2,1H3. The third-order valence-corrected chi connectivity index (χ3v) is 13.0. The number of hydrogen-bond donors (Lipinski definition) is 0. The van der Waals surface area contributed by atoms with Gasteiger partial charge in [0.15, 0.2) is 0 Å². The van der Waals surface area contributed by atoms with Gasteiger partial charge in [-0.05, 0) is 76.6 Å². The maximum Gasteiger partial charge on any atom is 0.417 e. The molecule has 0 spiro atoms. The molecule has 0 aliphatic heterocycles. The number of ketones is 1. The minimum atomic E-state index is -4.91. The lowest BCUT2D eigenvalue weighted by Gasteiger charge is -2.25.